The maximum absolute atomic E-state index is 12.7. The molecule has 0 radical (unpaired) electrons. The third-order valence-corrected chi connectivity index (χ3v) is 5.59. The van der Waals surface area contributed by atoms with E-state index in [1.54, 1.807) is 54.7 Å². The maximum Gasteiger partial charge on any atom is 0.268 e. The molecule has 2 aromatic carbocycles. The number of aromatic nitrogens is 1. The van der Waals surface area contributed by atoms with E-state index in [1.165, 1.54) is 3.97 Å². The second kappa shape index (κ2) is 4.78. The molecule has 0 spiro atoms. The number of nitrogens with zero attached hydrogens (tertiary/aromatic N) is 1. The number of anilines is 1. The molecule has 0 atom stereocenters. The van der Waals surface area contributed by atoms with Crippen molar-refractivity contribution in [1.82, 2.24) is 3.97 Å². The molecule has 2 N–H and O–H groups in total. The van der Waals surface area contributed by atoms with Crippen molar-refractivity contribution in [3.8, 4) is 0 Å². The fraction of sp³-hybridized carbons (Fsp3) is 0. The van der Waals surface area contributed by atoms with Crippen LogP contribution >= 0.6 is 22.6 Å². The number of hydrogen-bond donors (Lipinski definition) is 1. The van der Waals surface area contributed by atoms with Crippen LogP contribution in [0.15, 0.2) is 59.6 Å². The highest BCUT2D eigenvalue weighted by Crippen LogP contribution is 2.28. The van der Waals surface area contributed by atoms with Crippen molar-refractivity contribution < 1.29 is 8.42 Å². The Balaban J connectivity index is 2.31. The highest BCUT2D eigenvalue weighted by molar-refractivity contribution is 14.1. The van der Waals surface area contributed by atoms with E-state index in [-0.39, 0.29) is 4.90 Å². The van der Waals surface area contributed by atoms with Crippen molar-refractivity contribution in [3.63, 3.8) is 0 Å². The van der Waals surface area contributed by atoms with Gasteiger partial charge in [0.25, 0.3) is 10.0 Å². The predicted octanol–water partition coefficient (Wildman–Crippen LogP) is 3.07. The van der Waals surface area contributed by atoms with Gasteiger partial charge in [-0.1, -0.05) is 18.2 Å². The number of hydrogen-bond acceptors (Lipinski definition) is 3. The van der Waals surface area contributed by atoms with Gasteiger partial charge in [0.05, 0.1) is 10.4 Å². The highest BCUT2D eigenvalue weighted by Gasteiger charge is 2.20. The molecule has 0 amide bonds. The first kappa shape index (κ1) is 13.4. The van der Waals surface area contributed by atoms with E-state index in [4.69, 9.17) is 5.73 Å². The average molecular weight is 398 g/mol. The molecule has 4 nitrogen and oxygen atoms in total. The zero-order valence-electron chi connectivity index (χ0n) is 10.3. The highest BCUT2D eigenvalue weighted by atomic mass is 127. The van der Waals surface area contributed by atoms with Gasteiger partial charge in [0.15, 0.2) is 0 Å². The van der Waals surface area contributed by atoms with Crippen molar-refractivity contribution in [1.29, 1.82) is 0 Å². The summed E-state index contributed by atoms with van der Waals surface area (Å²) in [6.45, 7) is 0. The van der Waals surface area contributed by atoms with E-state index < -0.39 is 10.0 Å². The van der Waals surface area contributed by atoms with Gasteiger partial charge >= 0.3 is 0 Å². The molecule has 0 bridgehead atoms. The van der Waals surface area contributed by atoms with Crippen LogP contribution in [0, 0.1) is 3.57 Å². The largest absolute Gasteiger partial charge is 0.399 e. The van der Waals surface area contributed by atoms with Crippen LogP contribution in [0.2, 0.25) is 0 Å². The Hall–Kier alpha value is -1.54. The van der Waals surface area contributed by atoms with Gasteiger partial charge in [-0.15, -0.1) is 0 Å². The predicted molar refractivity (Wildman–Crippen MR) is 88.1 cm³/mol. The number of benzene rings is 2. The van der Waals surface area contributed by atoms with E-state index in [9.17, 15) is 8.42 Å². The lowest BCUT2D eigenvalue weighted by Crippen LogP contribution is -2.11. The van der Waals surface area contributed by atoms with Crippen LogP contribution in [0.1, 0.15) is 0 Å². The van der Waals surface area contributed by atoms with Crippen LogP contribution in [-0.4, -0.2) is 12.4 Å². The van der Waals surface area contributed by atoms with E-state index >= 15 is 0 Å². The smallest absolute Gasteiger partial charge is 0.268 e. The minimum atomic E-state index is -3.59. The van der Waals surface area contributed by atoms with Crippen LogP contribution in [0.4, 0.5) is 5.69 Å². The molecule has 3 aromatic rings. The van der Waals surface area contributed by atoms with Crippen molar-refractivity contribution in [2.75, 3.05) is 5.73 Å². The molecule has 0 fully saturated rings. The Labute approximate surface area is 130 Å². The molecule has 0 saturated heterocycles. The Kier molecular flexibility index (Phi) is 3.21. The van der Waals surface area contributed by atoms with Gasteiger partial charge in [-0.25, -0.2) is 12.4 Å². The molecule has 1 aromatic heterocycles. The molecule has 3 rings (SSSR count). The van der Waals surface area contributed by atoms with Crippen molar-refractivity contribution in [2.24, 2.45) is 0 Å². The van der Waals surface area contributed by atoms with Gasteiger partial charge in [0, 0.05) is 20.8 Å². The third kappa shape index (κ3) is 2.08. The monoisotopic (exact) mass is 398 g/mol. The topological polar surface area (TPSA) is 65.1 Å². The number of nitrogen functional groups attached to an aromatic ring is 1. The van der Waals surface area contributed by atoms with E-state index in [0.717, 1.165) is 8.96 Å². The van der Waals surface area contributed by atoms with Gasteiger partial charge in [-0.3, -0.25) is 0 Å². The fourth-order valence-electron chi connectivity index (χ4n) is 2.08. The van der Waals surface area contributed by atoms with E-state index in [2.05, 4.69) is 22.6 Å². The van der Waals surface area contributed by atoms with Crippen LogP contribution in [0.3, 0.4) is 0 Å². The maximum atomic E-state index is 12.7. The van der Waals surface area contributed by atoms with Crippen molar-refractivity contribution in [3.05, 3.63) is 58.3 Å². The fourth-order valence-corrected chi connectivity index (χ4v) is 4.37. The molecule has 0 unspecified atom stereocenters. The Morgan fingerprint density at radius 3 is 2.45 bits per heavy atom. The van der Waals surface area contributed by atoms with Crippen LogP contribution < -0.4 is 5.73 Å². The number of rotatable bonds is 2. The van der Waals surface area contributed by atoms with Crippen LogP contribution in [0.25, 0.3) is 10.9 Å². The number of nitrogens with two attached hydrogens (primary N) is 1. The minimum absolute atomic E-state index is 0.269. The summed E-state index contributed by atoms with van der Waals surface area (Å²) in [5.41, 5.74) is 7.01. The molecule has 102 valence electrons. The minimum Gasteiger partial charge on any atom is -0.399 e. The molecule has 20 heavy (non-hydrogen) atoms. The summed E-state index contributed by atoms with van der Waals surface area (Å²) in [6, 6.07) is 13.6. The summed E-state index contributed by atoms with van der Waals surface area (Å²) in [5.74, 6) is 0. The average Bonchev–Trinajstić information content (AvgIpc) is 2.77. The Morgan fingerprint density at radius 1 is 1.05 bits per heavy atom. The summed E-state index contributed by atoms with van der Waals surface area (Å²) in [4.78, 5) is 0.269. The standard InChI is InChI=1S/C14H11IN2O2S/c15-13-9-17(14-7-6-10(16)8-12(13)14)20(18,19)11-4-2-1-3-5-11/h1-9H,16H2. The summed E-state index contributed by atoms with van der Waals surface area (Å²) >= 11 is 2.11. The third-order valence-electron chi connectivity index (χ3n) is 3.05. The summed E-state index contributed by atoms with van der Waals surface area (Å²) in [5, 5.41) is 0.838. The van der Waals surface area contributed by atoms with Crippen LogP contribution in [0.5, 0.6) is 0 Å². The first-order valence-corrected chi connectivity index (χ1v) is 8.39. The molecule has 6 heteroatoms. The zero-order chi connectivity index (χ0) is 14.3. The Morgan fingerprint density at radius 2 is 1.75 bits per heavy atom. The first-order chi connectivity index (χ1) is 9.50. The van der Waals surface area contributed by atoms with Gasteiger partial charge < -0.3 is 5.73 Å². The lowest BCUT2D eigenvalue weighted by molar-refractivity contribution is 0.589. The molecular weight excluding hydrogens is 387 g/mol. The van der Waals surface area contributed by atoms with Crippen LogP contribution in [-0.2, 0) is 10.0 Å². The van der Waals surface area contributed by atoms with Gasteiger partial charge in [0.1, 0.15) is 0 Å². The van der Waals surface area contributed by atoms with Crippen molar-refractivity contribution >= 4 is 49.2 Å². The number of halogens is 1. The quantitative estimate of drug-likeness (QED) is 0.533. The molecule has 0 saturated carbocycles. The molecule has 0 aliphatic rings. The van der Waals surface area contributed by atoms with Gasteiger partial charge in [-0.2, -0.15) is 0 Å². The van der Waals surface area contributed by atoms with Gasteiger partial charge in [0.2, 0.25) is 0 Å². The molecular formula is C14H11IN2O2S. The normalized spacial score (nSPS) is 11.8. The van der Waals surface area contributed by atoms with Gasteiger partial charge in [-0.05, 0) is 52.9 Å². The molecule has 0 aliphatic heterocycles. The summed E-state index contributed by atoms with van der Waals surface area (Å²) in [7, 11) is -3.59. The lowest BCUT2D eigenvalue weighted by atomic mass is 10.2. The SMILES string of the molecule is Nc1ccc2c(c1)c(I)cn2S(=O)(=O)c1ccccc1. The first-order valence-electron chi connectivity index (χ1n) is 5.87. The number of fused-ring (bicyclic) bond motifs is 1. The van der Waals surface area contributed by atoms with E-state index in [1.807, 2.05) is 0 Å². The zero-order valence-corrected chi connectivity index (χ0v) is 13.3. The van der Waals surface area contributed by atoms with E-state index in [0.29, 0.717) is 11.2 Å². The Bertz CT molecular complexity index is 886. The summed E-state index contributed by atoms with van der Waals surface area (Å²) < 4.78 is 27.5. The second-order valence-corrected chi connectivity index (χ2v) is 7.34. The molecule has 1 heterocycles. The second-order valence-electron chi connectivity index (χ2n) is 4.37. The summed E-state index contributed by atoms with van der Waals surface area (Å²) in [6.07, 6.45) is 1.62. The molecule has 0 aliphatic carbocycles. The van der Waals surface area contributed by atoms with Crippen molar-refractivity contribution in [2.45, 2.75) is 4.90 Å². The lowest BCUT2D eigenvalue weighted by Gasteiger charge is -2.07.